The van der Waals surface area contributed by atoms with Gasteiger partial charge in [-0.3, -0.25) is 0 Å². The van der Waals surface area contributed by atoms with E-state index in [1.165, 1.54) is 19.3 Å². The maximum Gasteiger partial charge on any atom is 0.0271 e. The maximum atomic E-state index is 3.61. The average Bonchev–Trinajstić information content (AvgIpc) is 2.16. The summed E-state index contributed by atoms with van der Waals surface area (Å²) in [4.78, 5) is 2.27. The fourth-order valence-electron chi connectivity index (χ4n) is 1.52. The van der Waals surface area contributed by atoms with Crippen molar-refractivity contribution in [1.82, 2.24) is 10.2 Å². The van der Waals surface area contributed by atoms with E-state index in [1.54, 1.807) is 0 Å². The standard InChI is InChI=1S/C12H24N2/c1-12(2,14(3)4)10-13-11-8-6-5-7-9-11/h6,8,11,13H,5,7,9-10H2,1-4H3. The molecule has 1 unspecified atom stereocenters. The van der Waals surface area contributed by atoms with Crippen molar-refractivity contribution in [2.24, 2.45) is 0 Å². The Morgan fingerprint density at radius 2 is 2.14 bits per heavy atom. The van der Waals surface area contributed by atoms with E-state index in [-0.39, 0.29) is 5.54 Å². The highest BCUT2D eigenvalue weighted by atomic mass is 15.2. The molecule has 82 valence electrons. The number of hydrogen-bond acceptors (Lipinski definition) is 2. The van der Waals surface area contributed by atoms with E-state index in [0.717, 1.165) is 6.54 Å². The van der Waals surface area contributed by atoms with Crippen LogP contribution in [-0.2, 0) is 0 Å². The summed E-state index contributed by atoms with van der Waals surface area (Å²) in [6.07, 6.45) is 8.49. The minimum atomic E-state index is 0.241. The fraction of sp³-hybridized carbons (Fsp3) is 0.833. The number of nitrogens with zero attached hydrogens (tertiary/aromatic N) is 1. The lowest BCUT2D eigenvalue weighted by Gasteiger charge is -2.34. The smallest absolute Gasteiger partial charge is 0.0271 e. The highest BCUT2D eigenvalue weighted by molar-refractivity contribution is 4.98. The first kappa shape index (κ1) is 11.7. The third-order valence-corrected chi connectivity index (χ3v) is 3.26. The van der Waals surface area contributed by atoms with Crippen molar-refractivity contribution in [3.63, 3.8) is 0 Å². The molecule has 2 heteroatoms. The maximum absolute atomic E-state index is 3.61. The van der Waals surface area contributed by atoms with Crippen molar-refractivity contribution in [3.8, 4) is 0 Å². The van der Waals surface area contributed by atoms with Gasteiger partial charge in [0.1, 0.15) is 0 Å². The number of rotatable bonds is 4. The summed E-state index contributed by atoms with van der Waals surface area (Å²) in [6.45, 7) is 5.59. The van der Waals surface area contributed by atoms with Gasteiger partial charge in [-0.05, 0) is 47.2 Å². The molecule has 0 saturated heterocycles. The van der Waals surface area contributed by atoms with Gasteiger partial charge in [-0.15, -0.1) is 0 Å². The summed E-state index contributed by atoms with van der Waals surface area (Å²) in [5.41, 5.74) is 0.241. The first-order valence-electron chi connectivity index (χ1n) is 5.60. The van der Waals surface area contributed by atoms with Crippen LogP contribution in [-0.4, -0.2) is 37.1 Å². The van der Waals surface area contributed by atoms with E-state index in [1.807, 2.05) is 0 Å². The Morgan fingerprint density at radius 1 is 1.43 bits per heavy atom. The molecule has 0 heterocycles. The van der Waals surface area contributed by atoms with Gasteiger partial charge < -0.3 is 10.2 Å². The highest BCUT2D eigenvalue weighted by Crippen LogP contribution is 2.13. The second-order valence-electron chi connectivity index (χ2n) is 5.05. The fourth-order valence-corrected chi connectivity index (χ4v) is 1.52. The monoisotopic (exact) mass is 196 g/mol. The molecule has 14 heavy (non-hydrogen) atoms. The lowest BCUT2D eigenvalue weighted by Crippen LogP contribution is -2.49. The Bertz CT molecular complexity index is 194. The average molecular weight is 196 g/mol. The van der Waals surface area contributed by atoms with Crippen molar-refractivity contribution in [2.45, 2.75) is 44.7 Å². The van der Waals surface area contributed by atoms with Crippen molar-refractivity contribution < 1.29 is 0 Å². The van der Waals surface area contributed by atoms with Gasteiger partial charge in [0, 0.05) is 18.1 Å². The van der Waals surface area contributed by atoms with E-state index < -0.39 is 0 Å². The van der Waals surface area contributed by atoms with E-state index in [0.29, 0.717) is 6.04 Å². The predicted octanol–water partition coefficient (Wildman–Crippen LogP) is 2.02. The molecule has 0 fully saturated rings. The minimum absolute atomic E-state index is 0.241. The van der Waals surface area contributed by atoms with Gasteiger partial charge >= 0.3 is 0 Å². The molecule has 0 aromatic rings. The summed E-state index contributed by atoms with van der Waals surface area (Å²) < 4.78 is 0. The Balaban J connectivity index is 2.32. The summed E-state index contributed by atoms with van der Waals surface area (Å²) in [5, 5.41) is 3.61. The molecule has 0 saturated carbocycles. The number of hydrogen-bond donors (Lipinski definition) is 1. The molecule has 2 nitrogen and oxygen atoms in total. The molecule has 0 radical (unpaired) electrons. The van der Waals surface area contributed by atoms with Crippen LogP contribution in [0.15, 0.2) is 12.2 Å². The van der Waals surface area contributed by atoms with Crippen LogP contribution in [0.1, 0.15) is 33.1 Å². The highest BCUT2D eigenvalue weighted by Gasteiger charge is 2.21. The number of nitrogens with one attached hydrogen (secondary N) is 1. The first-order valence-corrected chi connectivity index (χ1v) is 5.60. The largest absolute Gasteiger partial charge is 0.309 e. The van der Waals surface area contributed by atoms with Crippen LogP contribution >= 0.6 is 0 Å². The summed E-state index contributed by atoms with van der Waals surface area (Å²) in [5.74, 6) is 0. The Kier molecular flexibility index (Phi) is 4.14. The molecule has 1 aliphatic rings. The van der Waals surface area contributed by atoms with Crippen molar-refractivity contribution >= 4 is 0 Å². The Labute approximate surface area is 88.4 Å². The van der Waals surface area contributed by atoms with Gasteiger partial charge in [0.2, 0.25) is 0 Å². The van der Waals surface area contributed by atoms with Crippen LogP contribution in [0.4, 0.5) is 0 Å². The van der Waals surface area contributed by atoms with E-state index in [2.05, 4.69) is 50.3 Å². The van der Waals surface area contributed by atoms with Gasteiger partial charge in [-0.25, -0.2) is 0 Å². The molecule has 0 spiro atoms. The number of allylic oxidation sites excluding steroid dienone is 1. The third kappa shape index (κ3) is 3.43. The van der Waals surface area contributed by atoms with E-state index in [4.69, 9.17) is 0 Å². The Hall–Kier alpha value is -0.340. The van der Waals surface area contributed by atoms with E-state index in [9.17, 15) is 0 Å². The molecular formula is C12H24N2. The van der Waals surface area contributed by atoms with Crippen molar-refractivity contribution in [3.05, 3.63) is 12.2 Å². The lowest BCUT2D eigenvalue weighted by molar-refractivity contribution is 0.186. The van der Waals surface area contributed by atoms with Crippen LogP contribution in [0.5, 0.6) is 0 Å². The zero-order chi connectivity index (χ0) is 10.6. The molecule has 0 aromatic heterocycles. The van der Waals surface area contributed by atoms with Crippen molar-refractivity contribution in [2.75, 3.05) is 20.6 Å². The van der Waals surface area contributed by atoms with Crippen molar-refractivity contribution in [1.29, 1.82) is 0 Å². The quantitative estimate of drug-likeness (QED) is 0.692. The van der Waals surface area contributed by atoms with Crippen LogP contribution in [0, 0.1) is 0 Å². The first-order chi connectivity index (χ1) is 6.52. The molecule has 1 N–H and O–H groups in total. The van der Waals surface area contributed by atoms with Gasteiger partial charge in [-0.2, -0.15) is 0 Å². The predicted molar refractivity (Wildman–Crippen MR) is 62.5 cm³/mol. The third-order valence-electron chi connectivity index (χ3n) is 3.26. The molecule has 0 bridgehead atoms. The molecule has 1 rings (SSSR count). The molecular weight excluding hydrogens is 172 g/mol. The molecule has 0 aromatic carbocycles. The van der Waals surface area contributed by atoms with Gasteiger partial charge in [0.05, 0.1) is 0 Å². The molecule has 0 aliphatic heterocycles. The zero-order valence-electron chi connectivity index (χ0n) is 10.0. The molecule has 1 aliphatic carbocycles. The topological polar surface area (TPSA) is 15.3 Å². The summed E-state index contributed by atoms with van der Waals surface area (Å²) >= 11 is 0. The Morgan fingerprint density at radius 3 is 2.64 bits per heavy atom. The molecule has 1 atom stereocenters. The van der Waals surface area contributed by atoms with Crippen LogP contribution < -0.4 is 5.32 Å². The molecule has 0 amide bonds. The second kappa shape index (κ2) is 4.94. The summed E-state index contributed by atoms with van der Waals surface area (Å²) in [6, 6.07) is 0.600. The second-order valence-corrected chi connectivity index (χ2v) is 5.05. The van der Waals surface area contributed by atoms with Crippen LogP contribution in [0.3, 0.4) is 0 Å². The SMILES string of the molecule is CN(C)C(C)(C)CNC1C=CCCC1. The lowest BCUT2D eigenvalue weighted by atomic mass is 10.00. The van der Waals surface area contributed by atoms with Gasteiger partial charge in [0.15, 0.2) is 0 Å². The summed E-state index contributed by atoms with van der Waals surface area (Å²) in [7, 11) is 4.27. The minimum Gasteiger partial charge on any atom is -0.309 e. The van der Waals surface area contributed by atoms with Gasteiger partial charge in [-0.1, -0.05) is 12.2 Å². The normalized spacial score (nSPS) is 23.1. The van der Waals surface area contributed by atoms with Gasteiger partial charge in [0.25, 0.3) is 0 Å². The number of likely N-dealkylation sites (N-methyl/N-ethyl adjacent to an activating group) is 1. The zero-order valence-corrected chi connectivity index (χ0v) is 10.0. The van der Waals surface area contributed by atoms with Crippen LogP contribution in [0.25, 0.3) is 0 Å². The van der Waals surface area contributed by atoms with Crippen LogP contribution in [0.2, 0.25) is 0 Å². The van der Waals surface area contributed by atoms with E-state index >= 15 is 0 Å².